The quantitative estimate of drug-likeness (QED) is 0.852. The summed E-state index contributed by atoms with van der Waals surface area (Å²) < 4.78 is 13.9. The van der Waals surface area contributed by atoms with Gasteiger partial charge >= 0.3 is 0 Å². The third-order valence-electron chi connectivity index (χ3n) is 3.18. The van der Waals surface area contributed by atoms with E-state index in [4.69, 9.17) is 0 Å². The predicted octanol–water partition coefficient (Wildman–Crippen LogP) is 3.66. The molecule has 0 saturated carbocycles. The highest BCUT2D eigenvalue weighted by molar-refractivity contribution is 7.13. The molecule has 0 unspecified atom stereocenters. The molecule has 20 heavy (non-hydrogen) atoms. The van der Waals surface area contributed by atoms with Crippen LogP contribution < -0.4 is 5.32 Å². The highest BCUT2D eigenvalue weighted by Crippen LogP contribution is 2.28. The molecule has 0 fully saturated rings. The number of rotatable bonds is 6. The molecule has 0 saturated heterocycles. The van der Waals surface area contributed by atoms with E-state index in [0.29, 0.717) is 12.1 Å². The first-order chi connectivity index (χ1) is 9.52. The molecular formula is C16H20FNOS. The Morgan fingerprint density at radius 2 is 2.10 bits per heavy atom. The molecule has 0 bridgehead atoms. The number of hydrogen-bond acceptors (Lipinski definition) is 3. The number of benzene rings is 1. The van der Waals surface area contributed by atoms with Gasteiger partial charge in [0.05, 0.1) is 0 Å². The van der Waals surface area contributed by atoms with Crippen LogP contribution >= 0.6 is 11.3 Å². The summed E-state index contributed by atoms with van der Waals surface area (Å²) in [5, 5.41) is 14.5. The molecule has 1 aromatic carbocycles. The molecule has 0 aliphatic carbocycles. The van der Waals surface area contributed by atoms with E-state index in [1.54, 1.807) is 6.07 Å². The summed E-state index contributed by atoms with van der Waals surface area (Å²) in [7, 11) is 0. The van der Waals surface area contributed by atoms with Crippen molar-refractivity contribution in [2.75, 3.05) is 13.2 Å². The van der Waals surface area contributed by atoms with Gasteiger partial charge < -0.3 is 10.4 Å². The van der Waals surface area contributed by atoms with E-state index in [2.05, 4.69) is 5.32 Å². The number of hydrogen-bond donors (Lipinski definition) is 2. The van der Waals surface area contributed by atoms with Crippen molar-refractivity contribution in [1.82, 2.24) is 5.32 Å². The van der Waals surface area contributed by atoms with E-state index in [1.165, 1.54) is 17.4 Å². The van der Waals surface area contributed by atoms with Crippen LogP contribution in [0.4, 0.5) is 4.39 Å². The Bertz CT molecular complexity index is 552. The van der Waals surface area contributed by atoms with Crippen molar-refractivity contribution in [2.45, 2.75) is 20.4 Å². The number of aliphatic hydroxyl groups is 1. The summed E-state index contributed by atoms with van der Waals surface area (Å²) in [5.74, 6) is -0.188. The lowest BCUT2D eigenvalue weighted by Crippen LogP contribution is -2.31. The maximum absolute atomic E-state index is 13.9. The van der Waals surface area contributed by atoms with Gasteiger partial charge in [-0.3, -0.25) is 0 Å². The topological polar surface area (TPSA) is 32.3 Å². The van der Waals surface area contributed by atoms with Gasteiger partial charge in [0.1, 0.15) is 5.82 Å². The lowest BCUT2D eigenvalue weighted by atomic mass is 9.95. The molecule has 2 N–H and O–H groups in total. The molecule has 0 aliphatic heterocycles. The Morgan fingerprint density at radius 3 is 2.75 bits per heavy atom. The van der Waals surface area contributed by atoms with E-state index >= 15 is 0 Å². The maximum atomic E-state index is 13.9. The second-order valence-electron chi connectivity index (χ2n) is 5.72. The molecule has 0 radical (unpaired) electrons. The van der Waals surface area contributed by atoms with Crippen molar-refractivity contribution < 1.29 is 9.50 Å². The molecule has 0 spiro atoms. The van der Waals surface area contributed by atoms with Gasteiger partial charge in [0, 0.05) is 35.6 Å². The van der Waals surface area contributed by atoms with E-state index in [1.807, 2.05) is 37.4 Å². The van der Waals surface area contributed by atoms with Gasteiger partial charge in [0.2, 0.25) is 0 Å². The number of halogens is 1. The van der Waals surface area contributed by atoms with Crippen LogP contribution in [0, 0.1) is 11.2 Å². The second-order valence-corrected chi connectivity index (χ2v) is 6.67. The maximum Gasteiger partial charge on any atom is 0.131 e. The van der Waals surface area contributed by atoms with E-state index in [0.717, 1.165) is 17.0 Å². The van der Waals surface area contributed by atoms with Crippen LogP contribution in [-0.2, 0) is 6.54 Å². The van der Waals surface area contributed by atoms with Gasteiger partial charge in [-0.25, -0.2) is 4.39 Å². The van der Waals surface area contributed by atoms with Gasteiger partial charge in [-0.05, 0) is 29.1 Å². The zero-order valence-electron chi connectivity index (χ0n) is 11.8. The summed E-state index contributed by atoms with van der Waals surface area (Å²) >= 11 is 1.54. The highest BCUT2D eigenvalue weighted by Gasteiger charge is 2.15. The van der Waals surface area contributed by atoms with Gasteiger partial charge in [-0.15, -0.1) is 11.3 Å². The minimum atomic E-state index is -0.188. The van der Waals surface area contributed by atoms with E-state index < -0.39 is 0 Å². The monoisotopic (exact) mass is 293 g/mol. The van der Waals surface area contributed by atoms with Gasteiger partial charge in [0.15, 0.2) is 0 Å². The summed E-state index contributed by atoms with van der Waals surface area (Å²) in [6, 6.07) is 9.05. The van der Waals surface area contributed by atoms with Crippen molar-refractivity contribution in [3.8, 4) is 10.4 Å². The van der Waals surface area contributed by atoms with Crippen molar-refractivity contribution in [1.29, 1.82) is 0 Å². The number of thiophene rings is 1. The zero-order valence-corrected chi connectivity index (χ0v) is 12.6. The standard InChI is InChI=1S/C16H20FNOS/c1-16(2,11-19)10-18-9-12-5-6-14(17)13(8-12)15-4-3-7-20-15/h3-8,18-19H,9-11H2,1-2H3. The zero-order chi connectivity index (χ0) is 14.6. The first kappa shape index (κ1) is 15.2. The molecule has 1 aromatic heterocycles. The molecule has 0 aliphatic rings. The fourth-order valence-electron chi connectivity index (χ4n) is 1.90. The third-order valence-corrected chi connectivity index (χ3v) is 4.08. The lowest BCUT2D eigenvalue weighted by Gasteiger charge is -2.22. The summed E-state index contributed by atoms with van der Waals surface area (Å²) in [6.07, 6.45) is 0. The van der Waals surface area contributed by atoms with Gasteiger partial charge in [-0.2, -0.15) is 0 Å². The minimum Gasteiger partial charge on any atom is -0.396 e. The highest BCUT2D eigenvalue weighted by atomic mass is 32.1. The van der Waals surface area contributed by atoms with Crippen LogP contribution in [0.15, 0.2) is 35.7 Å². The second kappa shape index (κ2) is 6.48. The normalized spacial score (nSPS) is 11.8. The Morgan fingerprint density at radius 1 is 1.30 bits per heavy atom. The fraction of sp³-hybridized carbons (Fsp3) is 0.375. The van der Waals surface area contributed by atoms with Crippen LogP contribution in [0.1, 0.15) is 19.4 Å². The van der Waals surface area contributed by atoms with Gasteiger partial charge in [0.25, 0.3) is 0 Å². The fourth-order valence-corrected chi connectivity index (χ4v) is 2.65. The Hall–Kier alpha value is -1.23. The first-order valence-electron chi connectivity index (χ1n) is 6.66. The van der Waals surface area contributed by atoms with Crippen LogP contribution in [-0.4, -0.2) is 18.3 Å². The molecule has 2 aromatic rings. The smallest absolute Gasteiger partial charge is 0.131 e. The van der Waals surface area contributed by atoms with Crippen LogP contribution in [0.5, 0.6) is 0 Å². The minimum absolute atomic E-state index is 0.142. The van der Waals surface area contributed by atoms with Crippen LogP contribution in [0.3, 0.4) is 0 Å². The van der Waals surface area contributed by atoms with Crippen molar-refractivity contribution in [2.24, 2.45) is 5.41 Å². The van der Waals surface area contributed by atoms with E-state index in [9.17, 15) is 9.50 Å². The van der Waals surface area contributed by atoms with Crippen molar-refractivity contribution >= 4 is 11.3 Å². The van der Waals surface area contributed by atoms with Crippen molar-refractivity contribution in [3.63, 3.8) is 0 Å². The van der Waals surface area contributed by atoms with E-state index in [-0.39, 0.29) is 17.8 Å². The molecule has 0 amide bonds. The Labute approximate surface area is 123 Å². The molecule has 4 heteroatoms. The first-order valence-corrected chi connectivity index (χ1v) is 7.54. The molecular weight excluding hydrogens is 273 g/mol. The summed E-state index contributed by atoms with van der Waals surface area (Å²) in [6.45, 7) is 5.53. The largest absolute Gasteiger partial charge is 0.396 e. The van der Waals surface area contributed by atoms with Crippen LogP contribution in [0.25, 0.3) is 10.4 Å². The predicted molar refractivity (Wildman–Crippen MR) is 82.3 cm³/mol. The summed E-state index contributed by atoms with van der Waals surface area (Å²) in [4.78, 5) is 0.944. The molecule has 108 valence electrons. The Kier molecular flexibility index (Phi) is 4.91. The average Bonchev–Trinajstić information content (AvgIpc) is 2.94. The number of nitrogens with one attached hydrogen (secondary N) is 1. The number of aliphatic hydroxyl groups excluding tert-OH is 1. The summed E-state index contributed by atoms with van der Waals surface area (Å²) in [5.41, 5.74) is 1.56. The molecule has 0 atom stereocenters. The SMILES string of the molecule is CC(C)(CO)CNCc1ccc(F)c(-c2cccs2)c1. The lowest BCUT2D eigenvalue weighted by molar-refractivity contribution is 0.156. The average molecular weight is 293 g/mol. The van der Waals surface area contributed by atoms with Gasteiger partial charge in [-0.1, -0.05) is 26.0 Å². The molecule has 2 nitrogen and oxygen atoms in total. The third kappa shape index (κ3) is 3.88. The molecule has 2 rings (SSSR count). The van der Waals surface area contributed by atoms with Crippen LogP contribution in [0.2, 0.25) is 0 Å². The molecule has 1 heterocycles. The van der Waals surface area contributed by atoms with Crippen molar-refractivity contribution in [3.05, 3.63) is 47.1 Å². The Balaban J connectivity index is 2.05.